The molecule has 0 spiro atoms. The first-order valence-corrected chi connectivity index (χ1v) is 7.51. The van der Waals surface area contributed by atoms with Gasteiger partial charge in [-0.2, -0.15) is 4.98 Å². The molecular weight excluding hydrogens is 282 g/mol. The van der Waals surface area contributed by atoms with Gasteiger partial charge in [-0.25, -0.2) is 9.97 Å². The van der Waals surface area contributed by atoms with Crippen LogP contribution in [0.5, 0.6) is 5.88 Å². The minimum Gasteiger partial charge on any atom is -0.475 e. The number of hydrogen-bond donors (Lipinski definition) is 1. The van der Waals surface area contributed by atoms with Crippen molar-refractivity contribution in [2.24, 2.45) is 0 Å². The second-order valence-corrected chi connectivity index (χ2v) is 4.78. The van der Waals surface area contributed by atoms with E-state index in [-0.39, 0.29) is 0 Å². The van der Waals surface area contributed by atoms with Crippen molar-refractivity contribution in [1.29, 1.82) is 0 Å². The third kappa shape index (κ3) is 5.33. The number of hydrogen-bond acceptors (Lipinski definition) is 6. The molecule has 0 fully saturated rings. The van der Waals surface area contributed by atoms with E-state index in [1.165, 1.54) is 0 Å². The van der Waals surface area contributed by atoms with Gasteiger partial charge in [-0.3, -0.25) is 0 Å². The van der Waals surface area contributed by atoms with Crippen molar-refractivity contribution in [1.82, 2.24) is 19.5 Å². The van der Waals surface area contributed by atoms with Gasteiger partial charge in [-0.1, -0.05) is 6.92 Å². The predicted octanol–water partition coefficient (Wildman–Crippen LogP) is 1.76. The third-order valence-electron chi connectivity index (χ3n) is 3.06. The Labute approximate surface area is 130 Å². The van der Waals surface area contributed by atoms with E-state index in [9.17, 15) is 0 Å². The van der Waals surface area contributed by atoms with Crippen molar-refractivity contribution in [2.45, 2.75) is 26.3 Å². The molecule has 0 saturated carbocycles. The molecule has 0 bridgehead atoms. The fourth-order valence-electron chi connectivity index (χ4n) is 1.92. The molecule has 0 aliphatic carbocycles. The zero-order chi connectivity index (χ0) is 15.6. The highest BCUT2D eigenvalue weighted by molar-refractivity contribution is 5.38. The summed E-state index contributed by atoms with van der Waals surface area (Å²) in [7, 11) is 1.65. The summed E-state index contributed by atoms with van der Waals surface area (Å²) in [5.74, 6) is 2.15. The molecule has 0 aliphatic rings. The smallest absolute Gasteiger partial charge is 0.218 e. The Bertz CT molecular complexity index is 545. The van der Waals surface area contributed by atoms with Crippen LogP contribution in [-0.2, 0) is 17.7 Å². The fourth-order valence-corrected chi connectivity index (χ4v) is 1.92. The molecule has 2 heterocycles. The van der Waals surface area contributed by atoms with Crippen molar-refractivity contribution in [3.63, 3.8) is 0 Å². The van der Waals surface area contributed by atoms with E-state index in [1.807, 2.05) is 25.5 Å². The van der Waals surface area contributed by atoms with Gasteiger partial charge in [-0.05, 0) is 6.42 Å². The minimum absolute atomic E-state index is 0.483. The summed E-state index contributed by atoms with van der Waals surface area (Å²) in [5, 5.41) is 3.32. The molecule has 7 nitrogen and oxygen atoms in total. The summed E-state index contributed by atoms with van der Waals surface area (Å²) >= 11 is 0. The number of anilines is 1. The van der Waals surface area contributed by atoms with Crippen LogP contribution >= 0.6 is 0 Å². The lowest BCUT2D eigenvalue weighted by Crippen LogP contribution is -2.10. The van der Waals surface area contributed by atoms with Gasteiger partial charge in [0.15, 0.2) is 0 Å². The Kier molecular flexibility index (Phi) is 6.63. The van der Waals surface area contributed by atoms with Crippen molar-refractivity contribution in [2.75, 3.05) is 32.2 Å². The number of rotatable bonds is 10. The molecule has 0 saturated heterocycles. The molecular formula is C15H23N5O2. The zero-order valence-electron chi connectivity index (χ0n) is 13.2. The number of aromatic nitrogens is 4. The van der Waals surface area contributed by atoms with Gasteiger partial charge in [0.05, 0.1) is 12.9 Å². The van der Waals surface area contributed by atoms with Gasteiger partial charge in [0.1, 0.15) is 18.2 Å². The molecule has 2 aromatic heterocycles. The third-order valence-corrected chi connectivity index (χ3v) is 3.06. The molecule has 0 unspecified atom stereocenters. The molecule has 0 aliphatic heterocycles. The van der Waals surface area contributed by atoms with Crippen LogP contribution in [-0.4, -0.2) is 46.4 Å². The zero-order valence-corrected chi connectivity index (χ0v) is 13.2. The predicted molar refractivity (Wildman–Crippen MR) is 84.1 cm³/mol. The second kappa shape index (κ2) is 8.99. The first kappa shape index (κ1) is 16.2. The first-order valence-electron chi connectivity index (χ1n) is 7.51. The van der Waals surface area contributed by atoms with Gasteiger partial charge in [0.2, 0.25) is 5.88 Å². The van der Waals surface area contributed by atoms with Crippen LogP contribution in [0.3, 0.4) is 0 Å². The highest BCUT2D eigenvalue weighted by Crippen LogP contribution is 2.14. The van der Waals surface area contributed by atoms with E-state index in [2.05, 4.69) is 24.8 Å². The highest BCUT2D eigenvalue weighted by atomic mass is 16.5. The standard InChI is InChI=1S/C15H23N5O2/c1-3-13-18-14(11-15(19-13)22-10-9-21-2)17-5-4-7-20-8-6-16-12-20/h6,8,11-12H,3-5,7,9-10H2,1-2H3,(H,17,18,19). The molecule has 2 rings (SSSR count). The summed E-state index contributed by atoms with van der Waals surface area (Å²) < 4.78 is 12.6. The number of imidazole rings is 1. The molecule has 1 N–H and O–H groups in total. The summed E-state index contributed by atoms with van der Waals surface area (Å²) in [6.07, 6.45) is 7.32. The number of nitrogens with zero attached hydrogens (tertiary/aromatic N) is 4. The van der Waals surface area contributed by atoms with Crippen molar-refractivity contribution in [3.05, 3.63) is 30.6 Å². The van der Waals surface area contributed by atoms with Crippen molar-refractivity contribution < 1.29 is 9.47 Å². The van der Waals surface area contributed by atoms with Crippen LogP contribution < -0.4 is 10.1 Å². The van der Waals surface area contributed by atoms with E-state index in [1.54, 1.807) is 13.3 Å². The molecule has 0 atom stereocenters. The lowest BCUT2D eigenvalue weighted by Gasteiger charge is -2.10. The van der Waals surface area contributed by atoms with E-state index in [0.29, 0.717) is 19.1 Å². The lowest BCUT2D eigenvalue weighted by atomic mass is 10.4. The van der Waals surface area contributed by atoms with Gasteiger partial charge in [0.25, 0.3) is 0 Å². The largest absolute Gasteiger partial charge is 0.475 e. The molecule has 0 amide bonds. The highest BCUT2D eigenvalue weighted by Gasteiger charge is 2.04. The second-order valence-electron chi connectivity index (χ2n) is 4.78. The SMILES string of the molecule is CCc1nc(NCCCn2ccnc2)cc(OCCOC)n1. The van der Waals surface area contributed by atoms with E-state index in [0.717, 1.165) is 37.6 Å². The normalized spacial score (nSPS) is 10.6. The maximum Gasteiger partial charge on any atom is 0.218 e. The molecule has 0 radical (unpaired) electrons. The van der Waals surface area contributed by atoms with Gasteiger partial charge in [-0.15, -0.1) is 0 Å². The Hall–Kier alpha value is -2.15. The van der Waals surface area contributed by atoms with Crippen LogP contribution in [0, 0.1) is 0 Å². The Morgan fingerprint density at radius 3 is 2.91 bits per heavy atom. The first-order chi connectivity index (χ1) is 10.8. The molecule has 0 aromatic carbocycles. The van der Waals surface area contributed by atoms with E-state index < -0.39 is 0 Å². The number of ether oxygens (including phenoxy) is 2. The topological polar surface area (TPSA) is 74.1 Å². The van der Waals surface area contributed by atoms with E-state index in [4.69, 9.17) is 9.47 Å². The summed E-state index contributed by atoms with van der Waals surface area (Å²) in [6, 6.07) is 1.83. The molecule has 7 heteroatoms. The summed E-state index contributed by atoms with van der Waals surface area (Å²) in [4.78, 5) is 12.8. The number of aryl methyl sites for hydroxylation is 2. The van der Waals surface area contributed by atoms with Crippen LogP contribution in [0.2, 0.25) is 0 Å². The summed E-state index contributed by atoms with van der Waals surface area (Å²) in [6.45, 7) is 4.80. The Morgan fingerprint density at radius 1 is 1.27 bits per heavy atom. The number of methoxy groups -OCH3 is 1. The van der Waals surface area contributed by atoms with Gasteiger partial charge in [0, 0.05) is 45.1 Å². The van der Waals surface area contributed by atoms with Crippen LogP contribution in [0.1, 0.15) is 19.2 Å². The van der Waals surface area contributed by atoms with Crippen molar-refractivity contribution in [3.8, 4) is 5.88 Å². The average Bonchev–Trinajstić information content (AvgIpc) is 3.05. The molecule has 2 aromatic rings. The number of nitrogens with one attached hydrogen (secondary N) is 1. The maximum absolute atomic E-state index is 5.57. The Balaban J connectivity index is 1.84. The van der Waals surface area contributed by atoms with Crippen LogP contribution in [0.25, 0.3) is 0 Å². The maximum atomic E-state index is 5.57. The summed E-state index contributed by atoms with van der Waals surface area (Å²) in [5.41, 5.74) is 0. The fraction of sp³-hybridized carbons (Fsp3) is 0.533. The van der Waals surface area contributed by atoms with E-state index >= 15 is 0 Å². The van der Waals surface area contributed by atoms with Crippen LogP contribution in [0.4, 0.5) is 5.82 Å². The average molecular weight is 305 g/mol. The Morgan fingerprint density at radius 2 is 2.18 bits per heavy atom. The molecule has 22 heavy (non-hydrogen) atoms. The quantitative estimate of drug-likeness (QED) is 0.674. The van der Waals surface area contributed by atoms with Gasteiger partial charge >= 0.3 is 0 Å². The van der Waals surface area contributed by atoms with Crippen molar-refractivity contribution >= 4 is 5.82 Å². The lowest BCUT2D eigenvalue weighted by molar-refractivity contribution is 0.143. The molecule has 120 valence electrons. The minimum atomic E-state index is 0.483. The van der Waals surface area contributed by atoms with Crippen LogP contribution in [0.15, 0.2) is 24.8 Å². The van der Waals surface area contributed by atoms with Gasteiger partial charge < -0.3 is 19.4 Å². The monoisotopic (exact) mass is 305 g/mol.